The van der Waals surface area contributed by atoms with E-state index in [0.717, 1.165) is 0 Å². The molecule has 3 nitrogen and oxygen atoms in total. The number of hydrogen-bond acceptors (Lipinski definition) is 3. The average molecular weight is 171 g/mol. The van der Waals surface area contributed by atoms with Crippen molar-refractivity contribution in [3.05, 3.63) is 0 Å². The first-order valence-electron chi connectivity index (χ1n) is 4.45. The predicted octanol–water partition coefficient (Wildman–Crippen LogP) is 0.687. The van der Waals surface area contributed by atoms with Gasteiger partial charge in [0.25, 0.3) is 6.92 Å². The molecule has 4 heteroatoms. The van der Waals surface area contributed by atoms with Crippen molar-refractivity contribution < 1.29 is 9.82 Å². The molecular weight excluding hydrogens is 153 g/mol. The second-order valence-corrected chi connectivity index (χ2v) is 3.40. The molecule has 0 heterocycles. The number of carbonyl (C=O) groups excluding carboxylic acids is 1. The zero-order valence-corrected chi connectivity index (χ0v) is 8.08. The first kappa shape index (κ1) is 11.7. The molecule has 70 valence electrons. The standard InChI is InChI=1S/C8H18BNO2/c1-4-7(10)8(11)5-6(2)9(3)12/h6-7,12H,4-5,10H2,1-3H3/t6-,7+/m1/s1. The molecule has 0 fully saturated rings. The molecule has 12 heavy (non-hydrogen) atoms. The highest BCUT2D eigenvalue weighted by Crippen LogP contribution is 2.13. The highest BCUT2D eigenvalue weighted by atomic mass is 16.2. The molecule has 2 atom stereocenters. The molecule has 0 aliphatic carbocycles. The van der Waals surface area contributed by atoms with E-state index < -0.39 is 6.92 Å². The lowest BCUT2D eigenvalue weighted by molar-refractivity contribution is -0.120. The fraction of sp³-hybridized carbons (Fsp3) is 0.875. The Balaban J connectivity index is 3.84. The van der Waals surface area contributed by atoms with Crippen molar-refractivity contribution in [2.24, 2.45) is 5.73 Å². The maximum atomic E-state index is 11.3. The number of Topliss-reactive ketones (excluding diaryl/α,β-unsaturated/α-hetero) is 1. The van der Waals surface area contributed by atoms with E-state index in [1.165, 1.54) is 0 Å². The van der Waals surface area contributed by atoms with Crippen molar-refractivity contribution in [1.29, 1.82) is 0 Å². The smallest absolute Gasteiger partial charge is 0.289 e. The molecular formula is C8H18BNO2. The summed E-state index contributed by atoms with van der Waals surface area (Å²) < 4.78 is 0. The summed E-state index contributed by atoms with van der Waals surface area (Å²) in [4.78, 5) is 11.3. The number of ketones is 1. The van der Waals surface area contributed by atoms with Gasteiger partial charge in [-0.25, -0.2) is 0 Å². The van der Waals surface area contributed by atoms with E-state index >= 15 is 0 Å². The summed E-state index contributed by atoms with van der Waals surface area (Å²) in [6.07, 6.45) is 1.05. The molecule has 0 amide bonds. The van der Waals surface area contributed by atoms with Gasteiger partial charge in [-0.15, -0.1) is 0 Å². The van der Waals surface area contributed by atoms with Crippen LogP contribution in [0.3, 0.4) is 0 Å². The van der Waals surface area contributed by atoms with Gasteiger partial charge < -0.3 is 10.8 Å². The topological polar surface area (TPSA) is 63.3 Å². The maximum Gasteiger partial charge on any atom is 0.289 e. The van der Waals surface area contributed by atoms with Crippen LogP contribution in [0.15, 0.2) is 0 Å². The van der Waals surface area contributed by atoms with Gasteiger partial charge in [-0.3, -0.25) is 4.79 Å². The molecule has 0 rings (SSSR count). The highest BCUT2D eigenvalue weighted by molar-refractivity contribution is 6.50. The summed E-state index contributed by atoms with van der Waals surface area (Å²) in [6.45, 7) is 4.99. The zero-order valence-electron chi connectivity index (χ0n) is 8.08. The fourth-order valence-corrected chi connectivity index (χ4v) is 0.867. The van der Waals surface area contributed by atoms with Gasteiger partial charge in [0.05, 0.1) is 6.04 Å². The van der Waals surface area contributed by atoms with Gasteiger partial charge in [0.15, 0.2) is 0 Å². The summed E-state index contributed by atoms with van der Waals surface area (Å²) in [5, 5.41) is 9.13. The van der Waals surface area contributed by atoms with Gasteiger partial charge in [-0.1, -0.05) is 20.7 Å². The first-order chi connectivity index (χ1) is 5.49. The van der Waals surface area contributed by atoms with Crippen LogP contribution in [0.1, 0.15) is 26.7 Å². The van der Waals surface area contributed by atoms with E-state index in [4.69, 9.17) is 10.8 Å². The molecule has 0 aromatic rings. The van der Waals surface area contributed by atoms with E-state index in [-0.39, 0.29) is 17.6 Å². The van der Waals surface area contributed by atoms with Gasteiger partial charge in [0.2, 0.25) is 0 Å². The van der Waals surface area contributed by atoms with Crippen molar-refractivity contribution in [1.82, 2.24) is 0 Å². The quantitative estimate of drug-likeness (QED) is 0.598. The Labute approximate surface area is 74.4 Å². The third-order valence-electron chi connectivity index (χ3n) is 2.20. The van der Waals surface area contributed by atoms with E-state index in [1.54, 1.807) is 6.82 Å². The lowest BCUT2D eigenvalue weighted by atomic mass is 9.58. The van der Waals surface area contributed by atoms with Crippen molar-refractivity contribution in [2.45, 2.75) is 45.4 Å². The molecule has 0 radical (unpaired) electrons. The second kappa shape index (κ2) is 5.33. The first-order valence-corrected chi connectivity index (χ1v) is 4.45. The van der Waals surface area contributed by atoms with Crippen LogP contribution in [0.25, 0.3) is 0 Å². The van der Waals surface area contributed by atoms with E-state index in [1.807, 2.05) is 13.8 Å². The highest BCUT2D eigenvalue weighted by Gasteiger charge is 2.20. The number of nitrogens with two attached hydrogens (primary N) is 1. The van der Waals surface area contributed by atoms with Crippen LogP contribution in [0, 0.1) is 0 Å². The van der Waals surface area contributed by atoms with Crippen molar-refractivity contribution >= 4 is 12.7 Å². The Morgan fingerprint density at radius 2 is 2.17 bits per heavy atom. The Kier molecular flexibility index (Phi) is 5.17. The molecule has 0 aliphatic heterocycles. The lowest BCUT2D eigenvalue weighted by Crippen LogP contribution is -2.31. The Morgan fingerprint density at radius 3 is 2.50 bits per heavy atom. The van der Waals surface area contributed by atoms with Gasteiger partial charge in [-0.2, -0.15) is 0 Å². The van der Waals surface area contributed by atoms with Crippen LogP contribution in [-0.2, 0) is 4.79 Å². The van der Waals surface area contributed by atoms with Crippen LogP contribution >= 0.6 is 0 Å². The molecule has 0 spiro atoms. The van der Waals surface area contributed by atoms with Crippen LogP contribution in [0.2, 0.25) is 12.6 Å². The lowest BCUT2D eigenvalue weighted by Gasteiger charge is -2.13. The molecule has 0 aromatic heterocycles. The molecule has 0 bridgehead atoms. The predicted molar refractivity (Wildman–Crippen MR) is 51.2 cm³/mol. The third-order valence-corrected chi connectivity index (χ3v) is 2.20. The largest absolute Gasteiger partial charge is 0.450 e. The number of rotatable bonds is 5. The number of hydrogen-bond donors (Lipinski definition) is 2. The maximum absolute atomic E-state index is 11.3. The van der Waals surface area contributed by atoms with Crippen LogP contribution in [0.4, 0.5) is 0 Å². The third kappa shape index (κ3) is 3.88. The monoisotopic (exact) mass is 171 g/mol. The molecule has 0 saturated carbocycles. The van der Waals surface area contributed by atoms with Crippen LogP contribution in [0.5, 0.6) is 0 Å². The summed E-state index contributed by atoms with van der Waals surface area (Å²) in [5.74, 6) is 0.0565. The molecule has 3 N–H and O–H groups in total. The Bertz CT molecular complexity index is 150. The van der Waals surface area contributed by atoms with E-state index in [0.29, 0.717) is 12.8 Å². The van der Waals surface area contributed by atoms with Gasteiger partial charge in [0, 0.05) is 6.42 Å². The summed E-state index contributed by atoms with van der Waals surface area (Å²) in [6, 6.07) is -0.355. The van der Waals surface area contributed by atoms with Gasteiger partial charge >= 0.3 is 0 Å². The fourth-order valence-electron chi connectivity index (χ4n) is 0.867. The minimum absolute atomic E-state index is 0.00935. The van der Waals surface area contributed by atoms with Crippen LogP contribution < -0.4 is 5.73 Å². The van der Waals surface area contributed by atoms with Crippen molar-refractivity contribution in [3.8, 4) is 0 Å². The molecule has 0 saturated heterocycles. The molecule has 0 aliphatic rings. The van der Waals surface area contributed by atoms with Crippen molar-refractivity contribution in [2.75, 3.05) is 0 Å². The van der Waals surface area contributed by atoms with E-state index in [2.05, 4.69) is 0 Å². The summed E-state index contributed by atoms with van der Waals surface area (Å²) >= 11 is 0. The second-order valence-electron chi connectivity index (χ2n) is 3.40. The van der Waals surface area contributed by atoms with Crippen LogP contribution in [-0.4, -0.2) is 23.8 Å². The minimum Gasteiger partial charge on any atom is -0.450 e. The summed E-state index contributed by atoms with van der Waals surface area (Å²) in [5.41, 5.74) is 5.53. The average Bonchev–Trinajstić information content (AvgIpc) is 2.02. The summed E-state index contributed by atoms with van der Waals surface area (Å²) in [7, 11) is 0. The normalized spacial score (nSPS) is 15.4. The Hall–Kier alpha value is -0.345. The Morgan fingerprint density at radius 1 is 1.67 bits per heavy atom. The van der Waals surface area contributed by atoms with Crippen molar-refractivity contribution in [3.63, 3.8) is 0 Å². The van der Waals surface area contributed by atoms with Gasteiger partial charge in [0.1, 0.15) is 5.78 Å². The number of carbonyl (C=O) groups is 1. The SMILES string of the molecule is CC[C@H](N)C(=O)C[C@@H](C)B(C)O. The van der Waals surface area contributed by atoms with E-state index in [9.17, 15) is 4.79 Å². The molecule has 0 aromatic carbocycles. The van der Waals surface area contributed by atoms with Gasteiger partial charge in [-0.05, 0) is 12.2 Å². The minimum atomic E-state index is -0.432. The molecule has 0 unspecified atom stereocenters. The zero-order chi connectivity index (χ0) is 9.72.